The van der Waals surface area contributed by atoms with Crippen LogP contribution >= 0.6 is 0 Å². The molecule has 0 radical (unpaired) electrons. The maximum absolute atomic E-state index is 13.1. The number of benzene rings is 1. The van der Waals surface area contributed by atoms with Crippen LogP contribution in [0, 0.1) is 11.3 Å². The van der Waals surface area contributed by atoms with E-state index in [1.807, 2.05) is 20.8 Å². The number of hydrogen-bond donors (Lipinski definition) is 1. The maximum Gasteiger partial charge on any atom is 0.339 e. The third-order valence-corrected chi connectivity index (χ3v) is 6.68. The second kappa shape index (κ2) is 7.44. The van der Waals surface area contributed by atoms with E-state index in [9.17, 15) is 18.0 Å². The van der Waals surface area contributed by atoms with Crippen LogP contribution < -0.4 is 4.72 Å². The summed E-state index contributed by atoms with van der Waals surface area (Å²) in [4.78, 5) is 30.5. The van der Waals surface area contributed by atoms with E-state index in [-0.39, 0.29) is 28.4 Å². The minimum absolute atomic E-state index is 0.102. The first-order chi connectivity index (χ1) is 13.5. The Morgan fingerprint density at radius 1 is 1.31 bits per heavy atom. The van der Waals surface area contributed by atoms with Crippen LogP contribution in [0.15, 0.2) is 34.3 Å². The summed E-state index contributed by atoms with van der Waals surface area (Å²) in [5, 5.41) is 4.14. The molecule has 1 heterocycles. The van der Waals surface area contributed by atoms with Crippen molar-refractivity contribution in [3.63, 3.8) is 0 Å². The predicted molar refractivity (Wildman–Crippen MR) is 106 cm³/mol. The number of carbonyl (C=O) groups is 2. The lowest BCUT2D eigenvalue weighted by Crippen LogP contribution is -2.52. The van der Waals surface area contributed by atoms with E-state index in [1.165, 1.54) is 24.3 Å². The molecular weight excluding hydrogens is 396 g/mol. The molecule has 0 bridgehead atoms. The fourth-order valence-electron chi connectivity index (χ4n) is 3.95. The number of nitrogens with zero attached hydrogens (tertiary/aromatic N) is 1. The standard InChI is InChI=1S/C20H26N2O6S/c1-5-27-17(23)13-9-6-7-11-15(13)29(25,26)22-18(24)20-12-8-10-14(20)16(21-28-20)19(2,3)4/h6-7,9,11,14H,5,8,10,12H2,1-4H3,(H,22,24). The summed E-state index contributed by atoms with van der Waals surface area (Å²) in [6, 6.07) is 5.62. The molecule has 1 saturated carbocycles. The Balaban J connectivity index is 1.89. The normalized spacial score (nSPS) is 23.7. The van der Waals surface area contributed by atoms with Crippen molar-refractivity contribution in [2.24, 2.45) is 16.5 Å². The molecule has 2 atom stereocenters. The highest BCUT2D eigenvalue weighted by molar-refractivity contribution is 7.90. The summed E-state index contributed by atoms with van der Waals surface area (Å²) < 4.78 is 33.0. The maximum atomic E-state index is 13.1. The van der Waals surface area contributed by atoms with Gasteiger partial charge in [-0.25, -0.2) is 17.9 Å². The van der Waals surface area contributed by atoms with Crippen LogP contribution in [0.4, 0.5) is 0 Å². The summed E-state index contributed by atoms with van der Waals surface area (Å²) in [5.74, 6) is -1.81. The number of carbonyl (C=O) groups excluding carboxylic acids is 2. The number of ether oxygens (including phenoxy) is 1. The second-order valence-electron chi connectivity index (χ2n) is 8.30. The molecule has 158 valence electrons. The summed E-state index contributed by atoms with van der Waals surface area (Å²) in [6.07, 6.45) is 1.80. The Morgan fingerprint density at radius 3 is 2.66 bits per heavy atom. The molecule has 8 nitrogen and oxygen atoms in total. The molecule has 0 aromatic heterocycles. The van der Waals surface area contributed by atoms with Crippen molar-refractivity contribution in [3.05, 3.63) is 29.8 Å². The van der Waals surface area contributed by atoms with Gasteiger partial charge >= 0.3 is 5.97 Å². The first-order valence-corrected chi connectivity index (χ1v) is 11.1. The molecule has 1 aliphatic heterocycles. The van der Waals surface area contributed by atoms with Crippen molar-refractivity contribution in [2.75, 3.05) is 6.61 Å². The highest BCUT2D eigenvalue weighted by Gasteiger charge is 2.60. The van der Waals surface area contributed by atoms with Crippen LogP contribution in [0.25, 0.3) is 0 Å². The Hall–Kier alpha value is -2.42. The highest BCUT2D eigenvalue weighted by atomic mass is 32.2. The molecule has 9 heteroatoms. The number of amides is 1. The fraction of sp³-hybridized carbons (Fsp3) is 0.550. The summed E-state index contributed by atoms with van der Waals surface area (Å²) in [7, 11) is -4.32. The zero-order valence-electron chi connectivity index (χ0n) is 17.0. The summed E-state index contributed by atoms with van der Waals surface area (Å²) >= 11 is 0. The molecule has 1 aromatic rings. The minimum atomic E-state index is -4.32. The van der Waals surface area contributed by atoms with Gasteiger partial charge in [-0.3, -0.25) is 4.79 Å². The lowest BCUT2D eigenvalue weighted by Gasteiger charge is -2.28. The molecule has 0 saturated heterocycles. The zero-order chi connectivity index (χ0) is 21.4. The van der Waals surface area contributed by atoms with Crippen LogP contribution in [0.1, 0.15) is 57.3 Å². The Labute approximate surface area is 170 Å². The molecule has 3 rings (SSSR count). The lowest BCUT2D eigenvalue weighted by atomic mass is 9.76. The highest BCUT2D eigenvalue weighted by Crippen LogP contribution is 2.47. The van der Waals surface area contributed by atoms with Gasteiger partial charge in [-0.1, -0.05) is 38.1 Å². The molecular formula is C20H26N2O6S. The van der Waals surface area contributed by atoms with E-state index < -0.39 is 27.5 Å². The van der Waals surface area contributed by atoms with Crippen molar-refractivity contribution in [2.45, 2.75) is 57.5 Å². The van der Waals surface area contributed by atoms with Crippen molar-refractivity contribution in [1.82, 2.24) is 4.72 Å². The number of hydrogen-bond acceptors (Lipinski definition) is 7. The smallest absolute Gasteiger partial charge is 0.339 e. The summed E-state index contributed by atoms with van der Waals surface area (Å²) in [6.45, 7) is 7.67. The molecule has 1 aliphatic carbocycles. The molecule has 2 unspecified atom stereocenters. The zero-order valence-corrected chi connectivity index (χ0v) is 17.8. The van der Waals surface area contributed by atoms with E-state index >= 15 is 0 Å². The van der Waals surface area contributed by atoms with E-state index in [4.69, 9.17) is 9.57 Å². The van der Waals surface area contributed by atoms with E-state index in [0.29, 0.717) is 12.8 Å². The molecule has 29 heavy (non-hydrogen) atoms. The molecule has 1 fully saturated rings. The Bertz CT molecular complexity index is 963. The van der Waals surface area contributed by atoms with Gasteiger partial charge in [0.25, 0.3) is 15.9 Å². The number of fused-ring (bicyclic) bond motifs is 1. The van der Waals surface area contributed by atoms with Gasteiger partial charge in [0, 0.05) is 5.41 Å². The van der Waals surface area contributed by atoms with Gasteiger partial charge in [0.15, 0.2) is 0 Å². The number of esters is 1. The van der Waals surface area contributed by atoms with Crippen molar-refractivity contribution in [3.8, 4) is 0 Å². The molecule has 1 aromatic carbocycles. The molecule has 1 amide bonds. The van der Waals surface area contributed by atoms with Crippen LogP contribution in [-0.4, -0.2) is 38.2 Å². The predicted octanol–water partition coefficient (Wildman–Crippen LogP) is 2.64. The van der Waals surface area contributed by atoms with Crippen molar-refractivity contribution in [1.29, 1.82) is 0 Å². The number of sulfonamides is 1. The lowest BCUT2D eigenvalue weighted by molar-refractivity contribution is -0.144. The van der Waals surface area contributed by atoms with Gasteiger partial charge in [0.05, 0.1) is 23.8 Å². The van der Waals surface area contributed by atoms with E-state index in [2.05, 4.69) is 9.88 Å². The van der Waals surface area contributed by atoms with Gasteiger partial charge in [0.2, 0.25) is 5.60 Å². The van der Waals surface area contributed by atoms with Crippen molar-refractivity contribution < 1.29 is 27.6 Å². The second-order valence-corrected chi connectivity index (χ2v) is 9.95. The quantitative estimate of drug-likeness (QED) is 0.730. The van der Waals surface area contributed by atoms with Gasteiger partial charge < -0.3 is 9.57 Å². The summed E-state index contributed by atoms with van der Waals surface area (Å²) in [5.41, 5.74) is -1.01. The third kappa shape index (κ3) is 3.75. The van der Waals surface area contributed by atoms with E-state index in [0.717, 1.165) is 12.1 Å². The number of oxime groups is 1. The van der Waals surface area contributed by atoms with Crippen molar-refractivity contribution >= 4 is 27.6 Å². The molecule has 1 N–H and O–H groups in total. The van der Waals surface area contributed by atoms with Gasteiger partial charge in [-0.2, -0.15) is 0 Å². The monoisotopic (exact) mass is 422 g/mol. The average molecular weight is 423 g/mol. The first kappa shape index (κ1) is 21.3. The van der Waals surface area contributed by atoms with Crippen LogP contribution in [0.2, 0.25) is 0 Å². The fourth-order valence-corrected chi connectivity index (χ4v) is 5.18. The minimum Gasteiger partial charge on any atom is -0.462 e. The Morgan fingerprint density at radius 2 is 2.00 bits per heavy atom. The topological polar surface area (TPSA) is 111 Å². The Kier molecular flexibility index (Phi) is 5.46. The van der Waals surface area contributed by atoms with Gasteiger partial charge in [0.1, 0.15) is 4.90 Å². The van der Waals surface area contributed by atoms with E-state index in [1.54, 1.807) is 6.92 Å². The largest absolute Gasteiger partial charge is 0.462 e. The number of rotatable bonds is 5. The average Bonchev–Trinajstić information content (AvgIpc) is 3.20. The van der Waals surface area contributed by atoms with Crippen LogP contribution in [0.5, 0.6) is 0 Å². The van der Waals surface area contributed by atoms with Gasteiger partial charge in [-0.05, 0) is 38.3 Å². The SMILES string of the molecule is CCOC(=O)c1ccccc1S(=O)(=O)NC(=O)C12CCCC1C(C(C)(C)C)=NO2. The molecule has 2 aliphatic rings. The first-order valence-electron chi connectivity index (χ1n) is 9.63. The van der Waals surface area contributed by atoms with Crippen LogP contribution in [-0.2, 0) is 24.4 Å². The number of nitrogens with one attached hydrogen (secondary N) is 1. The van der Waals surface area contributed by atoms with Gasteiger partial charge in [-0.15, -0.1) is 0 Å². The molecule has 0 spiro atoms. The third-order valence-electron chi connectivity index (χ3n) is 5.29. The van der Waals surface area contributed by atoms with Crippen LogP contribution in [0.3, 0.4) is 0 Å².